The monoisotopic (exact) mass is 398 g/mol. The van der Waals surface area contributed by atoms with E-state index >= 15 is 0 Å². The van der Waals surface area contributed by atoms with E-state index in [0.717, 1.165) is 57.6 Å². The number of piperidine rings is 1. The van der Waals surface area contributed by atoms with Gasteiger partial charge in [-0.3, -0.25) is 20.0 Å². The first-order valence-corrected chi connectivity index (χ1v) is 10.4. The van der Waals surface area contributed by atoms with Crippen LogP contribution in [0.1, 0.15) is 39.5 Å². The van der Waals surface area contributed by atoms with E-state index < -0.39 is 5.91 Å². The van der Waals surface area contributed by atoms with Gasteiger partial charge in [0.2, 0.25) is 5.91 Å². The lowest BCUT2D eigenvalue weighted by molar-refractivity contribution is -0.130. The van der Waals surface area contributed by atoms with Gasteiger partial charge in [-0.15, -0.1) is 0 Å². The molecule has 0 saturated carbocycles. The third-order valence-corrected chi connectivity index (χ3v) is 7.03. The van der Waals surface area contributed by atoms with E-state index in [0.29, 0.717) is 6.54 Å². The van der Waals surface area contributed by atoms with Gasteiger partial charge in [0.1, 0.15) is 0 Å². The lowest BCUT2D eigenvalue weighted by Gasteiger charge is -2.41. The third-order valence-electron chi connectivity index (χ3n) is 7.03. The highest BCUT2D eigenvalue weighted by Crippen LogP contribution is 2.38. The van der Waals surface area contributed by atoms with Crippen LogP contribution in [0.5, 0.6) is 0 Å². The summed E-state index contributed by atoms with van der Waals surface area (Å²) in [5.41, 5.74) is 8.82. The second-order valence-electron chi connectivity index (χ2n) is 8.72. The van der Waals surface area contributed by atoms with Crippen molar-refractivity contribution < 1.29 is 9.59 Å². The summed E-state index contributed by atoms with van der Waals surface area (Å²) in [5, 5.41) is 11.5. The van der Waals surface area contributed by atoms with Gasteiger partial charge >= 0.3 is 0 Å². The smallest absolute Gasteiger partial charge is 0.270 e. The number of rotatable bonds is 4. The number of hydrogen-bond donors (Lipinski definition) is 3. The number of carbonyl (C=O) groups excluding carboxylic acids is 2. The summed E-state index contributed by atoms with van der Waals surface area (Å²) < 4.78 is 0. The van der Waals surface area contributed by atoms with Crippen molar-refractivity contribution in [1.29, 1.82) is 5.41 Å². The Hall–Kier alpha value is -2.48. The van der Waals surface area contributed by atoms with Crippen molar-refractivity contribution in [3.05, 3.63) is 22.9 Å². The van der Waals surface area contributed by atoms with Crippen LogP contribution in [0.3, 0.4) is 0 Å². The highest BCUT2D eigenvalue weighted by molar-refractivity contribution is 6.66. The molecule has 8 nitrogen and oxygen atoms in total. The topological polar surface area (TPSA) is 115 Å². The predicted octanol–water partition coefficient (Wildman–Crippen LogP) is 0.800. The van der Waals surface area contributed by atoms with Gasteiger partial charge in [0.15, 0.2) is 11.5 Å². The Kier molecular flexibility index (Phi) is 5.06. The normalized spacial score (nSPS) is 27.0. The molecule has 3 aliphatic heterocycles. The Labute approximate surface area is 171 Å². The highest BCUT2D eigenvalue weighted by atomic mass is 16.2. The molecule has 3 heterocycles. The van der Waals surface area contributed by atoms with E-state index in [-0.39, 0.29) is 28.9 Å². The van der Waals surface area contributed by atoms with Crippen molar-refractivity contribution in [3.8, 4) is 0 Å². The van der Waals surface area contributed by atoms with Gasteiger partial charge in [-0.2, -0.15) is 0 Å². The molecule has 1 spiro atoms. The van der Waals surface area contributed by atoms with Gasteiger partial charge in [0, 0.05) is 25.3 Å². The molecule has 1 aliphatic carbocycles. The second-order valence-corrected chi connectivity index (χ2v) is 8.72. The zero-order valence-corrected chi connectivity index (χ0v) is 17.3. The van der Waals surface area contributed by atoms with E-state index in [1.54, 1.807) is 0 Å². The molecule has 2 saturated heterocycles. The first-order chi connectivity index (χ1) is 13.8. The van der Waals surface area contributed by atoms with E-state index in [9.17, 15) is 9.59 Å². The summed E-state index contributed by atoms with van der Waals surface area (Å²) in [5.74, 6) is -0.337. The molecule has 0 aromatic heterocycles. The Balaban J connectivity index is 1.46. The molecule has 156 valence electrons. The summed E-state index contributed by atoms with van der Waals surface area (Å²) in [7, 11) is 0. The van der Waals surface area contributed by atoms with Crippen molar-refractivity contribution in [2.24, 2.45) is 16.1 Å². The number of amidine groups is 1. The van der Waals surface area contributed by atoms with E-state index in [1.807, 2.05) is 4.90 Å². The number of aliphatic imine (C=N–C) groups is 1. The van der Waals surface area contributed by atoms with Crippen molar-refractivity contribution in [2.45, 2.75) is 45.6 Å². The number of amides is 2. The number of hydrogen-bond acceptors (Lipinski definition) is 5. The van der Waals surface area contributed by atoms with Gasteiger partial charge in [-0.1, -0.05) is 11.1 Å². The van der Waals surface area contributed by atoms with Crippen molar-refractivity contribution >= 4 is 23.4 Å². The number of fused-ring (bicyclic) bond motifs is 1. The minimum Gasteiger partial charge on any atom is -0.364 e. The molecular formula is C21H30N6O2. The fraction of sp³-hybridized carbons (Fsp3) is 0.619. The van der Waals surface area contributed by atoms with E-state index in [2.05, 4.69) is 35.1 Å². The summed E-state index contributed by atoms with van der Waals surface area (Å²) in [6.07, 6.45) is 5.55. The molecule has 2 amide bonds. The fourth-order valence-corrected chi connectivity index (χ4v) is 4.90. The van der Waals surface area contributed by atoms with Crippen LogP contribution >= 0.6 is 0 Å². The van der Waals surface area contributed by atoms with Crippen LogP contribution in [0.25, 0.3) is 0 Å². The summed E-state index contributed by atoms with van der Waals surface area (Å²) in [6.45, 7) is 8.09. The van der Waals surface area contributed by atoms with E-state index in [4.69, 9.17) is 11.1 Å². The standard InChI is InChI=1S/C21H30N6O2/c1-13-11-15-16(12-14(13)2)27(18(22)17(25-15)19(23)28)10-9-26-7-4-21(5-8-26)3-6-24-20(21)29/h12,15,22H,3-11H2,1-2H3,(H2,23,28)(H,24,29). The van der Waals surface area contributed by atoms with Crippen LogP contribution in [0.4, 0.5) is 0 Å². The van der Waals surface area contributed by atoms with Gasteiger partial charge in [0.05, 0.1) is 11.5 Å². The van der Waals surface area contributed by atoms with Crippen LogP contribution in [-0.2, 0) is 9.59 Å². The quantitative estimate of drug-likeness (QED) is 0.650. The molecule has 0 aromatic rings. The minimum atomic E-state index is -0.643. The largest absolute Gasteiger partial charge is 0.364 e. The van der Waals surface area contributed by atoms with Crippen LogP contribution in [0.2, 0.25) is 0 Å². The Bertz CT molecular complexity index is 847. The molecule has 4 N–H and O–H groups in total. The Morgan fingerprint density at radius 2 is 2.03 bits per heavy atom. The number of nitrogens with two attached hydrogens (primary N) is 1. The fourth-order valence-electron chi connectivity index (χ4n) is 4.90. The minimum absolute atomic E-state index is 0.0692. The molecule has 4 aliphatic rings. The average molecular weight is 399 g/mol. The van der Waals surface area contributed by atoms with Crippen molar-refractivity contribution in [3.63, 3.8) is 0 Å². The summed E-state index contributed by atoms with van der Waals surface area (Å²) >= 11 is 0. The maximum atomic E-state index is 12.2. The SMILES string of the molecule is CC1=C(C)CC2N=C(C(N)=O)C(=N)N(CCN3CCC4(CCNC4=O)CC3)C2=C1. The second kappa shape index (κ2) is 7.40. The lowest BCUT2D eigenvalue weighted by Crippen LogP contribution is -2.52. The number of nitrogens with zero attached hydrogens (tertiary/aromatic N) is 3. The van der Waals surface area contributed by atoms with Gasteiger partial charge in [0.25, 0.3) is 5.91 Å². The number of primary amides is 1. The van der Waals surface area contributed by atoms with Gasteiger partial charge < -0.3 is 20.9 Å². The first-order valence-electron chi connectivity index (χ1n) is 10.4. The van der Waals surface area contributed by atoms with Gasteiger partial charge in [-0.25, -0.2) is 0 Å². The average Bonchev–Trinajstić information content (AvgIpc) is 3.03. The molecule has 1 unspecified atom stereocenters. The molecule has 4 rings (SSSR count). The molecule has 0 aromatic carbocycles. The molecule has 0 radical (unpaired) electrons. The number of nitrogens with one attached hydrogen (secondary N) is 2. The molecule has 8 heteroatoms. The third kappa shape index (κ3) is 3.50. The van der Waals surface area contributed by atoms with E-state index in [1.165, 1.54) is 11.1 Å². The maximum Gasteiger partial charge on any atom is 0.270 e. The Morgan fingerprint density at radius 3 is 2.66 bits per heavy atom. The molecule has 0 bridgehead atoms. The zero-order chi connectivity index (χ0) is 20.8. The lowest BCUT2D eigenvalue weighted by atomic mass is 9.77. The summed E-state index contributed by atoms with van der Waals surface area (Å²) in [4.78, 5) is 32.8. The zero-order valence-electron chi connectivity index (χ0n) is 17.3. The van der Waals surface area contributed by atoms with Crippen LogP contribution < -0.4 is 11.1 Å². The first kappa shape index (κ1) is 19.8. The predicted molar refractivity (Wildman–Crippen MR) is 112 cm³/mol. The summed E-state index contributed by atoms with van der Waals surface area (Å²) in [6, 6.07) is -0.151. The maximum absolute atomic E-state index is 12.2. The van der Waals surface area contributed by atoms with Crippen LogP contribution in [0, 0.1) is 10.8 Å². The number of likely N-dealkylation sites (tertiary alicyclic amines) is 1. The van der Waals surface area contributed by atoms with Crippen LogP contribution in [0.15, 0.2) is 27.9 Å². The van der Waals surface area contributed by atoms with Gasteiger partial charge in [-0.05, 0) is 58.7 Å². The van der Waals surface area contributed by atoms with Crippen LogP contribution in [-0.4, -0.2) is 71.9 Å². The highest BCUT2D eigenvalue weighted by Gasteiger charge is 2.44. The van der Waals surface area contributed by atoms with Crippen molar-refractivity contribution in [1.82, 2.24) is 15.1 Å². The molecule has 29 heavy (non-hydrogen) atoms. The Morgan fingerprint density at radius 1 is 1.31 bits per heavy atom. The number of carbonyl (C=O) groups is 2. The molecular weight excluding hydrogens is 368 g/mol. The molecule has 2 fully saturated rings. The molecule has 1 atom stereocenters. The number of allylic oxidation sites excluding steroid dienone is 2. The van der Waals surface area contributed by atoms with Crippen molar-refractivity contribution in [2.75, 3.05) is 32.7 Å².